The Morgan fingerprint density at radius 3 is 2.35 bits per heavy atom. The Kier molecular flexibility index (Phi) is 6.08. The van der Waals surface area contributed by atoms with E-state index < -0.39 is 11.8 Å². The van der Waals surface area contributed by atoms with E-state index in [0.29, 0.717) is 16.9 Å². The molecule has 0 aliphatic heterocycles. The lowest BCUT2D eigenvalue weighted by Crippen LogP contribution is -2.41. The molecule has 10 heteroatoms. The van der Waals surface area contributed by atoms with Crippen LogP contribution >= 0.6 is 11.8 Å². The monoisotopic (exact) mass is 433 g/mol. The van der Waals surface area contributed by atoms with Gasteiger partial charge in [0, 0.05) is 24.6 Å². The molecular formula is C21H19N7O2S. The number of amides is 2. The first-order chi connectivity index (χ1) is 15.1. The minimum absolute atomic E-state index is 0.334. The number of aryl methyl sites for hydroxylation is 1. The first-order valence-electron chi connectivity index (χ1n) is 9.36. The maximum absolute atomic E-state index is 12.3. The molecule has 0 aliphatic rings. The smallest absolute Gasteiger partial charge is 0.272 e. The molecule has 0 unspecified atom stereocenters. The first kappa shape index (κ1) is 20.4. The van der Waals surface area contributed by atoms with E-state index in [2.05, 4.69) is 26.1 Å². The Bertz CT molecular complexity index is 1190. The molecule has 31 heavy (non-hydrogen) atoms. The van der Waals surface area contributed by atoms with Crippen LogP contribution in [0.15, 0.2) is 78.5 Å². The highest BCUT2D eigenvalue weighted by Gasteiger charge is 2.12. The maximum atomic E-state index is 12.3. The fourth-order valence-corrected chi connectivity index (χ4v) is 3.57. The van der Waals surface area contributed by atoms with Crippen LogP contribution in [0.3, 0.4) is 0 Å². The van der Waals surface area contributed by atoms with Crippen LogP contribution in [0.2, 0.25) is 0 Å². The molecule has 0 atom stereocenters. The average molecular weight is 433 g/mol. The van der Waals surface area contributed by atoms with Crippen LogP contribution in [0.4, 0.5) is 0 Å². The molecule has 0 saturated carbocycles. The second-order valence-electron chi connectivity index (χ2n) is 6.63. The molecule has 0 bridgehead atoms. The summed E-state index contributed by atoms with van der Waals surface area (Å²) in [6, 6.07) is 16.6. The molecular weight excluding hydrogens is 414 g/mol. The van der Waals surface area contributed by atoms with Crippen LogP contribution < -0.4 is 10.9 Å². The molecule has 0 aliphatic carbocycles. The van der Waals surface area contributed by atoms with E-state index in [1.54, 1.807) is 41.1 Å². The van der Waals surface area contributed by atoms with Crippen molar-refractivity contribution in [3.05, 3.63) is 90.0 Å². The molecule has 4 aromatic rings. The minimum Gasteiger partial charge on any atom is -0.312 e. The second kappa shape index (κ2) is 9.26. The summed E-state index contributed by atoms with van der Waals surface area (Å²) in [6.07, 6.45) is 4.69. The Morgan fingerprint density at radius 1 is 0.968 bits per heavy atom. The van der Waals surface area contributed by atoms with Crippen molar-refractivity contribution in [1.82, 2.24) is 35.4 Å². The summed E-state index contributed by atoms with van der Waals surface area (Å²) in [5.41, 5.74) is 7.49. The fourth-order valence-electron chi connectivity index (χ4n) is 2.72. The molecule has 2 heterocycles. The number of para-hydroxylation sites is 1. The van der Waals surface area contributed by atoms with Crippen molar-refractivity contribution >= 4 is 23.6 Å². The van der Waals surface area contributed by atoms with Gasteiger partial charge in [-0.3, -0.25) is 20.4 Å². The lowest BCUT2D eigenvalue weighted by molar-refractivity contribution is 0.0846. The minimum atomic E-state index is -0.452. The van der Waals surface area contributed by atoms with Crippen LogP contribution in [0.25, 0.3) is 5.69 Å². The van der Waals surface area contributed by atoms with Gasteiger partial charge in [0.05, 0.1) is 17.4 Å². The van der Waals surface area contributed by atoms with E-state index in [0.717, 1.165) is 16.4 Å². The molecule has 0 fully saturated rings. The van der Waals surface area contributed by atoms with Crippen molar-refractivity contribution in [3.8, 4) is 5.69 Å². The Labute approximate surface area is 182 Å². The van der Waals surface area contributed by atoms with E-state index >= 15 is 0 Å². The van der Waals surface area contributed by atoms with E-state index in [-0.39, 0.29) is 0 Å². The predicted molar refractivity (Wildman–Crippen MR) is 116 cm³/mol. The second-order valence-corrected chi connectivity index (χ2v) is 7.57. The van der Waals surface area contributed by atoms with E-state index in [1.807, 2.05) is 54.1 Å². The third kappa shape index (κ3) is 4.98. The third-order valence-corrected chi connectivity index (χ3v) is 5.51. The zero-order valence-corrected chi connectivity index (χ0v) is 17.4. The number of hydrogen-bond acceptors (Lipinski definition) is 6. The number of nitrogens with one attached hydrogen (secondary N) is 2. The quantitative estimate of drug-likeness (QED) is 0.357. The van der Waals surface area contributed by atoms with E-state index in [4.69, 9.17) is 0 Å². The molecule has 4 rings (SSSR count). The summed E-state index contributed by atoms with van der Waals surface area (Å²) in [7, 11) is 1.89. The normalized spacial score (nSPS) is 10.6. The number of rotatable bonds is 6. The van der Waals surface area contributed by atoms with Crippen LogP contribution in [0.1, 0.15) is 26.3 Å². The average Bonchev–Trinajstić information content (AvgIpc) is 3.46. The van der Waals surface area contributed by atoms with Gasteiger partial charge < -0.3 is 4.57 Å². The van der Waals surface area contributed by atoms with Gasteiger partial charge in [-0.05, 0) is 29.8 Å². The number of thioether (sulfide) groups is 1. The number of hydrogen-bond donors (Lipinski definition) is 2. The SMILES string of the molecule is Cn1cnnc1SCc1ccc(C(=O)NNC(=O)c2cnn(-c3ccccc3)c2)cc1. The van der Waals surface area contributed by atoms with E-state index in [1.165, 1.54) is 6.20 Å². The molecule has 2 aromatic heterocycles. The predicted octanol–water partition coefficient (Wildman–Crippen LogP) is 2.37. The van der Waals surface area contributed by atoms with Gasteiger partial charge in [0.1, 0.15) is 6.33 Å². The van der Waals surface area contributed by atoms with Gasteiger partial charge in [-0.2, -0.15) is 5.10 Å². The molecule has 0 radical (unpaired) electrons. The van der Waals surface area contributed by atoms with E-state index in [9.17, 15) is 9.59 Å². The number of aromatic nitrogens is 5. The van der Waals surface area contributed by atoms with Crippen molar-refractivity contribution < 1.29 is 9.59 Å². The van der Waals surface area contributed by atoms with Gasteiger partial charge in [-0.15, -0.1) is 10.2 Å². The topological polar surface area (TPSA) is 107 Å². The zero-order chi connectivity index (χ0) is 21.6. The number of benzene rings is 2. The summed E-state index contributed by atoms with van der Waals surface area (Å²) < 4.78 is 3.44. The van der Waals surface area contributed by atoms with Gasteiger partial charge in [0.25, 0.3) is 11.8 Å². The van der Waals surface area contributed by atoms with Gasteiger partial charge >= 0.3 is 0 Å². The number of hydrazine groups is 1. The number of carbonyl (C=O) groups excluding carboxylic acids is 2. The highest BCUT2D eigenvalue weighted by Crippen LogP contribution is 2.20. The van der Waals surface area contributed by atoms with Crippen LogP contribution in [-0.2, 0) is 12.8 Å². The van der Waals surface area contributed by atoms with Crippen LogP contribution in [0, 0.1) is 0 Å². The lowest BCUT2D eigenvalue weighted by atomic mass is 10.1. The summed E-state index contributed by atoms with van der Waals surface area (Å²) in [4.78, 5) is 24.6. The summed E-state index contributed by atoms with van der Waals surface area (Å²) in [5.74, 6) is -0.153. The van der Waals surface area contributed by atoms with Crippen molar-refractivity contribution in [2.24, 2.45) is 7.05 Å². The molecule has 0 spiro atoms. The van der Waals surface area contributed by atoms with Crippen molar-refractivity contribution in [2.45, 2.75) is 10.9 Å². The molecule has 2 aromatic carbocycles. The molecule has 0 saturated heterocycles. The fraction of sp³-hybridized carbons (Fsp3) is 0.0952. The third-order valence-electron chi connectivity index (χ3n) is 4.41. The first-order valence-corrected chi connectivity index (χ1v) is 10.4. The lowest BCUT2D eigenvalue weighted by Gasteiger charge is -2.07. The molecule has 2 N–H and O–H groups in total. The van der Waals surface area contributed by atoms with Gasteiger partial charge in [0.2, 0.25) is 0 Å². The van der Waals surface area contributed by atoms with Crippen molar-refractivity contribution in [2.75, 3.05) is 0 Å². The van der Waals surface area contributed by atoms with Gasteiger partial charge in [-0.1, -0.05) is 42.1 Å². The molecule has 9 nitrogen and oxygen atoms in total. The summed E-state index contributed by atoms with van der Waals surface area (Å²) in [6.45, 7) is 0. The summed E-state index contributed by atoms with van der Waals surface area (Å²) >= 11 is 1.56. The molecule has 2 amide bonds. The largest absolute Gasteiger partial charge is 0.312 e. The Hall–Kier alpha value is -3.92. The zero-order valence-electron chi connectivity index (χ0n) is 16.6. The van der Waals surface area contributed by atoms with Crippen LogP contribution in [-0.4, -0.2) is 36.4 Å². The Morgan fingerprint density at radius 2 is 1.68 bits per heavy atom. The number of carbonyl (C=O) groups is 2. The van der Waals surface area contributed by atoms with Gasteiger partial charge in [-0.25, -0.2) is 4.68 Å². The van der Waals surface area contributed by atoms with Crippen molar-refractivity contribution in [3.63, 3.8) is 0 Å². The Balaban J connectivity index is 1.30. The highest BCUT2D eigenvalue weighted by atomic mass is 32.2. The van der Waals surface area contributed by atoms with Gasteiger partial charge in [0.15, 0.2) is 5.16 Å². The maximum Gasteiger partial charge on any atom is 0.272 e. The highest BCUT2D eigenvalue weighted by molar-refractivity contribution is 7.98. The van der Waals surface area contributed by atoms with Crippen molar-refractivity contribution in [1.29, 1.82) is 0 Å². The van der Waals surface area contributed by atoms with Crippen LogP contribution in [0.5, 0.6) is 0 Å². The number of nitrogens with zero attached hydrogens (tertiary/aromatic N) is 5. The molecule has 156 valence electrons. The standard InChI is InChI=1S/C21H19N7O2S/c1-27-14-22-26-21(27)31-13-15-7-9-16(10-8-15)19(29)24-25-20(30)17-11-23-28(12-17)18-5-3-2-4-6-18/h2-12,14H,13H2,1H3,(H,24,29)(H,25,30). The summed E-state index contributed by atoms with van der Waals surface area (Å²) in [5, 5.41) is 12.9.